The van der Waals surface area contributed by atoms with E-state index in [2.05, 4.69) is 13.8 Å². The molecule has 0 saturated heterocycles. The second-order valence-electron chi connectivity index (χ2n) is 6.45. The molecule has 0 bridgehead atoms. The molecule has 0 fully saturated rings. The first-order valence-electron chi connectivity index (χ1n) is 8.90. The van der Waals surface area contributed by atoms with Crippen molar-refractivity contribution >= 4 is 38.0 Å². The minimum Gasteiger partial charge on any atom is -0.282 e. The summed E-state index contributed by atoms with van der Waals surface area (Å²) in [5.41, 5.74) is 0. The maximum atomic E-state index is 10.4. The van der Waals surface area contributed by atoms with Crippen molar-refractivity contribution in [1.82, 2.24) is 0 Å². The zero-order chi connectivity index (χ0) is 17.6. The van der Waals surface area contributed by atoms with Crippen LogP contribution in [0.25, 0.3) is 0 Å². The summed E-state index contributed by atoms with van der Waals surface area (Å²) in [6.45, 7) is 4.67. The van der Waals surface area contributed by atoms with Gasteiger partial charge in [0.25, 0.3) is 10.1 Å². The Morgan fingerprint density at radius 1 is 0.957 bits per heavy atom. The van der Waals surface area contributed by atoms with Crippen LogP contribution in [-0.2, 0) is 10.1 Å². The maximum absolute atomic E-state index is 10.4. The molecule has 1 aromatic carbocycles. The van der Waals surface area contributed by atoms with Crippen molar-refractivity contribution in [1.29, 1.82) is 0 Å². The molecule has 1 unspecified atom stereocenters. The average Bonchev–Trinajstić information content (AvgIpc) is 2.50. The van der Waals surface area contributed by atoms with Crippen LogP contribution >= 0.6 is 0 Å². The van der Waals surface area contributed by atoms with Gasteiger partial charge in [0.15, 0.2) is 0 Å². The summed E-state index contributed by atoms with van der Waals surface area (Å²) in [6, 6.07) is 7.42. The Morgan fingerprint density at radius 2 is 1.43 bits per heavy atom. The van der Waals surface area contributed by atoms with Crippen LogP contribution in [0.4, 0.5) is 0 Å². The van der Waals surface area contributed by atoms with Gasteiger partial charge in [-0.25, -0.2) is 0 Å². The Morgan fingerprint density at radius 3 is 1.83 bits per heavy atom. The number of hydrogen-bond donors (Lipinski definition) is 1. The topological polar surface area (TPSA) is 54.4 Å². The molecule has 0 aliphatic heterocycles. The molecule has 0 spiro atoms. The van der Waals surface area contributed by atoms with Crippen LogP contribution in [0.2, 0.25) is 3.17 Å². The molecule has 128 valence electrons. The van der Waals surface area contributed by atoms with E-state index < -0.39 is 10.1 Å². The molecular weight excluding hydrogens is 319 g/mol. The van der Waals surface area contributed by atoms with E-state index in [0.29, 0.717) is 0 Å². The predicted octanol–water partition coefficient (Wildman–Crippen LogP) is 5.43. The molecule has 0 amide bonds. The first-order valence-corrected chi connectivity index (χ1v) is 11.5. The molecule has 0 heterocycles. The van der Waals surface area contributed by atoms with Crippen molar-refractivity contribution in [3.05, 3.63) is 30.3 Å². The summed E-state index contributed by atoms with van der Waals surface area (Å²) in [4.78, 5) is -0.0741. The molecule has 0 aliphatic rings. The summed E-state index contributed by atoms with van der Waals surface area (Å²) in [5, 5.41) is 0. The molecule has 0 radical (unpaired) electrons. The monoisotopic (exact) mass is 350 g/mol. The predicted molar refractivity (Wildman–Crippen MR) is 98.7 cm³/mol. The van der Waals surface area contributed by atoms with Crippen LogP contribution < -0.4 is 0 Å². The van der Waals surface area contributed by atoms with E-state index in [1.54, 1.807) is 18.2 Å². The summed E-state index contributed by atoms with van der Waals surface area (Å²) in [7, 11) is -4.00. The van der Waals surface area contributed by atoms with Crippen LogP contribution in [0.5, 0.6) is 0 Å². The Kier molecular flexibility index (Phi) is 14.6. The molecule has 1 aromatic rings. The smallest absolute Gasteiger partial charge is 0.282 e. The van der Waals surface area contributed by atoms with Crippen LogP contribution in [0, 0.1) is 0 Å². The zero-order valence-corrected chi connectivity index (χ0v) is 17.8. The molecule has 1 rings (SSSR count). The average molecular weight is 351 g/mol. The third-order valence-electron chi connectivity index (χ3n) is 3.68. The van der Waals surface area contributed by atoms with E-state index in [4.69, 9.17) is 4.55 Å². The maximum Gasteiger partial charge on any atom is 0.294 e. The van der Waals surface area contributed by atoms with E-state index >= 15 is 0 Å². The van der Waals surface area contributed by atoms with Crippen molar-refractivity contribution in [2.45, 2.75) is 79.7 Å². The van der Waals surface area contributed by atoms with Gasteiger partial charge in [-0.15, -0.1) is 0 Å². The molecule has 0 saturated carbocycles. The summed E-state index contributed by atoms with van der Waals surface area (Å²) in [5.74, 6) is 0. The summed E-state index contributed by atoms with van der Waals surface area (Å²) >= 11 is 1.39. The van der Waals surface area contributed by atoms with Crippen LogP contribution in [0.1, 0.15) is 71.6 Å². The van der Waals surface area contributed by atoms with Gasteiger partial charge in [-0.05, 0) is 12.1 Å². The van der Waals surface area contributed by atoms with Gasteiger partial charge in [-0.1, -0.05) is 18.2 Å². The molecule has 0 aliphatic carbocycles. The third-order valence-corrected chi connectivity index (χ3v) is 5.12. The van der Waals surface area contributed by atoms with Gasteiger partial charge in [-0.2, -0.15) is 8.42 Å². The van der Waals surface area contributed by atoms with Gasteiger partial charge >= 0.3 is 103 Å². The van der Waals surface area contributed by atoms with Crippen molar-refractivity contribution in [2.24, 2.45) is 0 Å². The van der Waals surface area contributed by atoms with Gasteiger partial charge in [-0.3, -0.25) is 4.55 Å². The van der Waals surface area contributed by atoms with Crippen LogP contribution in [0.3, 0.4) is 0 Å². The largest absolute Gasteiger partial charge is 0.294 e. The van der Waals surface area contributed by atoms with Crippen molar-refractivity contribution in [2.75, 3.05) is 0 Å². The van der Waals surface area contributed by atoms with E-state index in [1.165, 1.54) is 97.9 Å². The van der Waals surface area contributed by atoms with Gasteiger partial charge in [0.2, 0.25) is 0 Å². The number of benzene rings is 1. The third kappa shape index (κ3) is 15.4. The van der Waals surface area contributed by atoms with Gasteiger partial charge < -0.3 is 0 Å². The zero-order valence-electron chi connectivity index (χ0n) is 15.0. The SMILES string of the molecule is CCCCCCCCCC[CH](C)[Na].O=S(=O)(O)c1ccccc1. The van der Waals surface area contributed by atoms with E-state index in [-0.39, 0.29) is 4.90 Å². The van der Waals surface area contributed by atoms with Crippen molar-refractivity contribution in [3.8, 4) is 0 Å². The van der Waals surface area contributed by atoms with Gasteiger partial charge in [0.05, 0.1) is 4.90 Å². The normalized spacial score (nSPS) is 12.4. The van der Waals surface area contributed by atoms with Gasteiger partial charge in [0.1, 0.15) is 0 Å². The Bertz CT molecular complexity index is 472. The second kappa shape index (κ2) is 14.5. The number of rotatable bonds is 10. The fourth-order valence-corrected chi connectivity index (χ4v) is 3.19. The van der Waals surface area contributed by atoms with E-state index in [1.807, 2.05) is 0 Å². The minimum absolute atomic E-state index is 0.0741. The van der Waals surface area contributed by atoms with Gasteiger partial charge in [0, 0.05) is 0 Å². The van der Waals surface area contributed by atoms with Crippen LogP contribution in [0.15, 0.2) is 35.2 Å². The van der Waals surface area contributed by atoms with E-state index in [0.717, 1.165) is 3.17 Å². The standard InChI is InChI=1S/C12H25.C6H6O3S.Na/c1-3-5-7-9-11-12-10-8-6-4-2;7-10(8,9)6-4-2-1-3-5-6;/h3H,4-12H2,1-2H3;1-5H,(H,7,8,9);. The molecular formula is C18H31NaO3S. The first kappa shape index (κ1) is 23.1. The Balaban J connectivity index is 0.000000433. The first-order chi connectivity index (χ1) is 10.9. The second-order valence-corrected chi connectivity index (χ2v) is 9.84. The molecule has 0 aromatic heterocycles. The molecule has 3 nitrogen and oxygen atoms in total. The van der Waals surface area contributed by atoms with Crippen LogP contribution in [-0.4, -0.2) is 40.9 Å². The Hall–Kier alpha value is 0.130. The summed E-state index contributed by atoms with van der Waals surface area (Å²) < 4.78 is 30.3. The molecule has 5 heteroatoms. The molecule has 23 heavy (non-hydrogen) atoms. The number of hydrogen-bond acceptors (Lipinski definition) is 2. The molecule has 1 N–H and O–H groups in total. The van der Waals surface area contributed by atoms with E-state index in [9.17, 15) is 8.42 Å². The minimum atomic E-state index is -4.00. The quantitative estimate of drug-likeness (QED) is 0.348. The Labute approximate surface area is 160 Å². The summed E-state index contributed by atoms with van der Waals surface area (Å²) in [6.07, 6.45) is 13.2. The fraction of sp³-hybridized carbons (Fsp3) is 0.667. The fourth-order valence-electron chi connectivity index (χ4n) is 2.28. The number of unbranched alkanes of at least 4 members (excludes halogenated alkanes) is 7. The van der Waals surface area contributed by atoms with Crippen molar-refractivity contribution in [3.63, 3.8) is 0 Å². The molecule has 1 atom stereocenters. The van der Waals surface area contributed by atoms with Crippen molar-refractivity contribution < 1.29 is 13.0 Å².